The molecule has 0 spiro atoms. The van der Waals surface area contributed by atoms with Gasteiger partial charge in [-0.3, -0.25) is 5.32 Å². The highest BCUT2D eigenvalue weighted by Gasteiger charge is 2.41. The zero-order valence-electron chi connectivity index (χ0n) is 33.2. The van der Waals surface area contributed by atoms with Crippen LogP contribution in [0.4, 0.5) is 0 Å². The monoisotopic (exact) mass is 936 g/mol. The van der Waals surface area contributed by atoms with Crippen molar-refractivity contribution in [2.75, 3.05) is 13.2 Å². The van der Waals surface area contributed by atoms with E-state index in [9.17, 15) is 9.59 Å². The quantitative estimate of drug-likeness (QED) is 0.0567. The van der Waals surface area contributed by atoms with Crippen LogP contribution < -0.4 is 57.8 Å². The molecule has 1 aliphatic rings. The predicted octanol–water partition coefficient (Wildman–Crippen LogP) is 4.22. The molecular weight excluding hydrogens is 862 g/mol. The molecule has 0 bridgehead atoms. The van der Waals surface area contributed by atoms with E-state index in [2.05, 4.69) is 13.8 Å². The lowest BCUT2D eigenvalue weighted by Gasteiger charge is -2.26. The number of aryl methyl sites for hydroxylation is 1. The van der Waals surface area contributed by atoms with Crippen molar-refractivity contribution in [3.05, 3.63) is 52.6 Å². The number of nitrogens with two attached hydrogens (primary N) is 1. The van der Waals surface area contributed by atoms with Crippen molar-refractivity contribution in [1.82, 2.24) is 0 Å². The fraction of sp³-hybridized carbons (Fsp3) is 0.744. The van der Waals surface area contributed by atoms with E-state index >= 15 is 0 Å². The molecule has 1 aromatic heterocycles. The summed E-state index contributed by atoms with van der Waals surface area (Å²) in [5.74, 6) is -1.17. The van der Waals surface area contributed by atoms with Gasteiger partial charge in [0, 0.05) is 25.5 Å². The summed E-state index contributed by atoms with van der Waals surface area (Å²) >= 11 is 0. The summed E-state index contributed by atoms with van der Waals surface area (Å²) in [4.78, 5) is 27.3. The maximum Gasteiger partial charge on any atom is 0.340 e. The highest BCUT2D eigenvalue weighted by Crippen LogP contribution is 2.37. The molecule has 294 valence electrons. The van der Waals surface area contributed by atoms with E-state index in [0.717, 1.165) is 42.6 Å². The molecule has 0 radical (unpaired) electrons. The molecule has 51 heavy (non-hydrogen) atoms. The van der Waals surface area contributed by atoms with Crippen LogP contribution in [0.3, 0.4) is 0 Å². The molecule has 0 fully saturated rings. The van der Waals surface area contributed by atoms with Gasteiger partial charge in [-0.2, -0.15) is 0 Å². The summed E-state index contributed by atoms with van der Waals surface area (Å²) in [5, 5.41) is 1.94. The number of unbranched alkanes of at least 4 members (excludes halogenated alkanes) is 22. The van der Waals surface area contributed by atoms with Gasteiger partial charge in [0.25, 0.3) is 0 Å². The number of esters is 2. The van der Waals surface area contributed by atoms with Crippen LogP contribution >= 0.6 is 0 Å². The van der Waals surface area contributed by atoms with Crippen molar-refractivity contribution in [2.45, 2.75) is 188 Å². The minimum Gasteiger partial charge on any atom is -1.00 e. The van der Waals surface area contributed by atoms with Crippen LogP contribution in [0.2, 0.25) is 0 Å². The van der Waals surface area contributed by atoms with Gasteiger partial charge in [0.15, 0.2) is 12.4 Å². The van der Waals surface area contributed by atoms with Crippen LogP contribution in [0.5, 0.6) is 0 Å². The topological polar surface area (TPSA) is 73.1 Å². The number of allylic oxidation sites excluding steroid dienone is 2. The summed E-state index contributed by atoms with van der Waals surface area (Å²) in [7, 11) is 1.96. The van der Waals surface area contributed by atoms with Crippen LogP contribution in [0, 0.1) is 0 Å². The van der Waals surface area contributed by atoms with Gasteiger partial charge in [-0.05, 0) is 18.9 Å². The average molecular weight is 937 g/mol. The molecule has 0 atom stereocenters. The van der Waals surface area contributed by atoms with Crippen LogP contribution in [-0.2, 0) is 26.1 Å². The lowest BCUT2D eigenvalue weighted by molar-refractivity contribution is -0.672. The number of ether oxygens (including phenoxy) is 2. The Bertz CT molecular complexity index is 1070. The van der Waals surface area contributed by atoms with E-state index in [4.69, 9.17) is 9.47 Å². The number of hydrogen-bond donors (Lipinski definition) is 1. The minimum absolute atomic E-state index is 0. The molecule has 0 amide bonds. The van der Waals surface area contributed by atoms with Crippen LogP contribution in [-0.4, -0.2) is 25.2 Å². The third kappa shape index (κ3) is 21.5. The van der Waals surface area contributed by atoms with Crippen molar-refractivity contribution in [2.24, 2.45) is 7.05 Å². The van der Waals surface area contributed by atoms with E-state index in [1.807, 2.05) is 55.3 Å². The Balaban J connectivity index is 0.0000125. The fourth-order valence-corrected chi connectivity index (χ4v) is 7.12. The Morgan fingerprint density at radius 1 is 0.588 bits per heavy atom. The first-order chi connectivity index (χ1) is 23.9. The van der Waals surface area contributed by atoms with E-state index in [-0.39, 0.29) is 59.9 Å². The second-order valence-corrected chi connectivity index (χ2v) is 14.6. The Kier molecular flexibility index (Phi) is 31.8. The fourth-order valence-electron chi connectivity index (χ4n) is 7.12. The van der Waals surface area contributed by atoms with Crippen molar-refractivity contribution >= 4 is 11.9 Å². The molecule has 1 aromatic rings. The van der Waals surface area contributed by atoms with Gasteiger partial charge in [0.2, 0.25) is 0 Å². The van der Waals surface area contributed by atoms with Crippen LogP contribution in [0.15, 0.2) is 47.1 Å². The molecule has 2 N–H and O–H groups in total. The number of halogens is 2. The highest BCUT2D eigenvalue weighted by atomic mass is 127. The summed E-state index contributed by atoms with van der Waals surface area (Å²) in [5.41, 5.74) is 3.70. The molecule has 2 heterocycles. The van der Waals surface area contributed by atoms with Crippen molar-refractivity contribution in [3.8, 4) is 0 Å². The average Bonchev–Trinajstić information content (AvgIpc) is 3.08. The number of pyridine rings is 1. The predicted molar refractivity (Wildman–Crippen MR) is 202 cm³/mol. The van der Waals surface area contributed by atoms with Gasteiger partial charge >= 0.3 is 11.9 Å². The first kappa shape index (κ1) is 50.0. The SMILES string of the molecule is CCCCCCCCCCCCCCOC(=O)C1=C(C)[NH2+]C(C)=C(C(=O)OCCCCCCCCCCCCCC)C1c1ccc[n+](C)c1.[I-].[I-]. The first-order valence-electron chi connectivity index (χ1n) is 20.5. The standard InChI is InChI=1S/C43H72N2O4.2HI/c1-6-8-10-12-14-16-18-20-22-24-26-28-33-48-42(46)39-36(3)44-37(4)40(41(39)38-31-30-32-45(5)35-38)43(47)49-34-29-27-25-23-21-19-17-15-13-11-9-7-2;;/h30-32,35,41H,6-29,33-34H2,1-5H3;2*1H. The lowest BCUT2D eigenvalue weighted by atomic mass is 9.81. The number of aromatic nitrogens is 1. The number of carbonyl (C=O) groups excluding carboxylic acids is 2. The van der Waals surface area contributed by atoms with Gasteiger partial charge in [-0.1, -0.05) is 155 Å². The molecule has 0 aliphatic carbocycles. The second kappa shape index (κ2) is 32.4. The normalized spacial score (nSPS) is 13.2. The van der Waals surface area contributed by atoms with Crippen molar-refractivity contribution in [1.29, 1.82) is 0 Å². The maximum atomic E-state index is 13.7. The van der Waals surface area contributed by atoms with Gasteiger partial charge in [-0.25, -0.2) is 14.2 Å². The molecule has 0 aromatic carbocycles. The zero-order chi connectivity index (χ0) is 35.5. The third-order valence-corrected chi connectivity index (χ3v) is 10.1. The van der Waals surface area contributed by atoms with Crippen LogP contribution in [0.1, 0.15) is 193 Å². The second-order valence-electron chi connectivity index (χ2n) is 14.6. The van der Waals surface area contributed by atoms with Gasteiger partial charge in [0.1, 0.15) is 29.6 Å². The van der Waals surface area contributed by atoms with E-state index in [0.29, 0.717) is 24.4 Å². The van der Waals surface area contributed by atoms with Gasteiger partial charge < -0.3 is 57.4 Å². The third-order valence-electron chi connectivity index (χ3n) is 10.1. The molecule has 0 saturated heterocycles. The number of quaternary nitrogens is 1. The summed E-state index contributed by atoms with van der Waals surface area (Å²) in [6.07, 6.45) is 34.3. The van der Waals surface area contributed by atoms with Crippen LogP contribution in [0.25, 0.3) is 0 Å². The highest BCUT2D eigenvalue weighted by molar-refractivity contribution is 5.99. The number of rotatable bonds is 29. The Hall–Kier alpha value is -1.01. The Morgan fingerprint density at radius 2 is 0.922 bits per heavy atom. The summed E-state index contributed by atoms with van der Waals surface area (Å²) < 4.78 is 13.7. The van der Waals surface area contributed by atoms with E-state index in [1.54, 1.807) is 0 Å². The molecule has 0 saturated carbocycles. The maximum absolute atomic E-state index is 13.7. The molecule has 8 heteroatoms. The minimum atomic E-state index is -0.513. The van der Waals surface area contributed by atoms with E-state index < -0.39 is 5.92 Å². The summed E-state index contributed by atoms with van der Waals surface area (Å²) in [6.45, 7) is 9.25. The number of carbonyl (C=O) groups is 2. The number of nitrogens with zero attached hydrogens (tertiary/aromatic N) is 1. The Labute approximate surface area is 347 Å². The van der Waals surface area contributed by atoms with E-state index in [1.165, 1.54) is 128 Å². The molecule has 2 rings (SSSR count). The molecular formula is C43H74I2N2O4. The first-order valence-corrected chi connectivity index (χ1v) is 20.5. The zero-order valence-corrected chi connectivity index (χ0v) is 37.5. The van der Waals surface area contributed by atoms with Gasteiger partial charge in [0.05, 0.1) is 19.1 Å². The lowest BCUT2D eigenvalue weighted by Crippen LogP contribution is -3.00. The van der Waals surface area contributed by atoms with Gasteiger partial charge in [-0.15, -0.1) is 0 Å². The number of hydrogen-bond acceptors (Lipinski definition) is 4. The van der Waals surface area contributed by atoms with Crippen molar-refractivity contribution in [3.63, 3.8) is 0 Å². The summed E-state index contributed by atoms with van der Waals surface area (Å²) in [6, 6.07) is 3.96. The molecule has 0 unspecified atom stereocenters. The molecule has 6 nitrogen and oxygen atoms in total. The Morgan fingerprint density at radius 3 is 1.25 bits per heavy atom. The largest absolute Gasteiger partial charge is 1.00 e. The smallest absolute Gasteiger partial charge is 0.340 e. The molecule has 1 aliphatic heterocycles. The van der Waals surface area contributed by atoms with Crippen molar-refractivity contribution < 1.29 is 76.9 Å².